The first-order valence-electron chi connectivity index (χ1n) is 16.1. The third kappa shape index (κ3) is 7.15. The van der Waals surface area contributed by atoms with Crippen molar-refractivity contribution in [1.82, 2.24) is 9.55 Å². The van der Waals surface area contributed by atoms with E-state index in [0.29, 0.717) is 31.6 Å². The highest BCUT2D eigenvalue weighted by Crippen LogP contribution is 2.59. The van der Waals surface area contributed by atoms with Crippen LogP contribution >= 0.6 is 0 Å². The molecule has 0 bridgehead atoms. The van der Waals surface area contributed by atoms with Crippen molar-refractivity contribution in [3.05, 3.63) is 94.5 Å². The molecule has 2 heterocycles. The van der Waals surface area contributed by atoms with E-state index in [1.165, 1.54) is 4.57 Å². The molecule has 0 spiro atoms. The number of amides is 1. The molecular weight excluding hydrogens is 586 g/mol. The van der Waals surface area contributed by atoms with Gasteiger partial charge in [0.2, 0.25) is 0 Å². The zero-order chi connectivity index (χ0) is 32.2. The largest absolute Gasteiger partial charge is 0.432 e. The minimum absolute atomic E-state index is 0.167. The van der Waals surface area contributed by atoms with Gasteiger partial charge in [-0.05, 0) is 67.6 Å². The van der Waals surface area contributed by atoms with Gasteiger partial charge < -0.3 is 24.3 Å². The first-order chi connectivity index (χ1) is 21.4. The van der Waals surface area contributed by atoms with Gasteiger partial charge >= 0.3 is 5.69 Å². The number of rotatable bonds is 13. The summed E-state index contributed by atoms with van der Waals surface area (Å²) in [6.07, 6.45) is 4.40. The fraction of sp³-hybridized carbons (Fsp3) is 0.514. The number of unbranched alkanes of at least 4 members (excludes halogenated alkanes) is 1. The number of nitrogens with one attached hydrogen (secondary N) is 1. The standard InChI is InChI=1S/C35H47N3O6Si/c1-6-7-22-42-28-18-20-35(43-24-25-14-10-8-11-15-25)27(23-34(2,3)45(4,5)41)32(44-30(28)35)38-21-19-29(37-33(38)40)36-31(39)26-16-12-9-13-17-26/h8-17,19,21,27-28,30,32,41H,6-7,18,20,22-24H2,1-5H3,(H,36,37,39,40)/t27-,28+,30?,32+,35-/m0/s1. The Morgan fingerprint density at radius 3 is 2.47 bits per heavy atom. The summed E-state index contributed by atoms with van der Waals surface area (Å²) in [7, 11) is -2.66. The summed E-state index contributed by atoms with van der Waals surface area (Å²) in [6, 6.07) is 20.5. The van der Waals surface area contributed by atoms with Gasteiger partial charge in [-0.15, -0.1) is 0 Å². The number of aromatic nitrogens is 2. The van der Waals surface area contributed by atoms with Crippen LogP contribution in [0.25, 0.3) is 0 Å². The zero-order valence-corrected chi connectivity index (χ0v) is 28.1. The Bertz CT molecular complexity index is 1490. The highest BCUT2D eigenvalue weighted by atomic mass is 28.4. The number of ether oxygens (including phenoxy) is 3. The van der Waals surface area contributed by atoms with Crippen molar-refractivity contribution < 1.29 is 23.8 Å². The van der Waals surface area contributed by atoms with Crippen molar-refractivity contribution in [1.29, 1.82) is 0 Å². The lowest BCUT2D eigenvalue weighted by atomic mass is 9.79. The molecule has 2 N–H and O–H groups in total. The lowest BCUT2D eigenvalue weighted by Gasteiger charge is -2.43. The molecule has 1 aliphatic carbocycles. The van der Waals surface area contributed by atoms with E-state index in [-0.39, 0.29) is 23.7 Å². The molecule has 242 valence electrons. The molecule has 0 radical (unpaired) electrons. The minimum atomic E-state index is -2.66. The van der Waals surface area contributed by atoms with Crippen molar-refractivity contribution in [2.75, 3.05) is 11.9 Å². The van der Waals surface area contributed by atoms with E-state index < -0.39 is 37.0 Å². The molecule has 45 heavy (non-hydrogen) atoms. The summed E-state index contributed by atoms with van der Waals surface area (Å²) >= 11 is 0. The van der Waals surface area contributed by atoms with Crippen LogP contribution in [0.5, 0.6) is 0 Å². The number of hydrogen-bond acceptors (Lipinski definition) is 7. The lowest BCUT2D eigenvalue weighted by molar-refractivity contribution is -0.133. The van der Waals surface area contributed by atoms with E-state index >= 15 is 0 Å². The molecule has 3 aromatic rings. The number of benzene rings is 2. The predicted molar refractivity (Wildman–Crippen MR) is 176 cm³/mol. The fourth-order valence-electron chi connectivity index (χ4n) is 6.45. The quantitative estimate of drug-likeness (QED) is 0.168. The van der Waals surface area contributed by atoms with Crippen molar-refractivity contribution in [2.24, 2.45) is 5.92 Å². The first-order valence-corrected chi connectivity index (χ1v) is 19.0. The third-order valence-corrected chi connectivity index (χ3v) is 13.4. The number of hydrogen-bond donors (Lipinski definition) is 2. The number of anilines is 1. The second kappa shape index (κ2) is 13.7. The molecule has 5 atom stereocenters. The molecular formula is C35H47N3O6Si. The van der Waals surface area contributed by atoms with E-state index in [2.05, 4.69) is 31.1 Å². The summed E-state index contributed by atoms with van der Waals surface area (Å²) in [6.45, 7) is 11.3. The van der Waals surface area contributed by atoms with Gasteiger partial charge in [0.05, 0.1) is 12.7 Å². The molecule has 5 rings (SSSR count). The maximum absolute atomic E-state index is 13.7. The van der Waals surface area contributed by atoms with E-state index in [9.17, 15) is 14.4 Å². The molecule has 1 saturated heterocycles. The maximum atomic E-state index is 13.7. The van der Waals surface area contributed by atoms with Crippen LogP contribution < -0.4 is 11.0 Å². The van der Waals surface area contributed by atoms with Gasteiger partial charge in [0.1, 0.15) is 23.8 Å². The Morgan fingerprint density at radius 1 is 1.13 bits per heavy atom. The summed E-state index contributed by atoms with van der Waals surface area (Å²) in [5.74, 6) is -0.453. The Hall–Kier alpha value is -3.15. The zero-order valence-electron chi connectivity index (χ0n) is 27.1. The van der Waals surface area contributed by atoms with E-state index in [1.54, 1.807) is 36.5 Å². The second-order valence-electron chi connectivity index (χ2n) is 13.6. The average molecular weight is 634 g/mol. The third-order valence-electron chi connectivity index (χ3n) is 9.85. The van der Waals surface area contributed by atoms with E-state index in [4.69, 9.17) is 14.2 Å². The lowest BCUT2D eigenvalue weighted by Crippen LogP contribution is -2.49. The minimum Gasteiger partial charge on any atom is -0.432 e. The molecule has 1 aliphatic heterocycles. The van der Waals surface area contributed by atoms with Gasteiger partial charge in [0, 0.05) is 24.3 Å². The van der Waals surface area contributed by atoms with Crippen molar-refractivity contribution in [3.63, 3.8) is 0 Å². The average Bonchev–Trinajstić information content (AvgIpc) is 3.51. The maximum Gasteiger partial charge on any atom is 0.351 e. The topological polar surface area (TPSA) is 112 Å². The van der Waals surface area contributed by atoms with Crippen LogP contribution in [-0.4, -0.2) is 53.0 Å². The SMILES string of the molecule is CCCCO[C@@H]1CC[C@@]2(OCc3ccccc3)C1O[C@@H](n1ccc(NC(=O)c3ccccc3)nc1=O)[C@@H]2CC(C)(C)[Si](C)(C)O. The van der Waals surface area contributed by atoms with Crippen LogP contribution in [0.2, 0.25) is 18.1 Å². The van der Waals surface area contributed by atoms with Crippen LogP contribution in [0.1, 0.15) is 75.0 Å². The Kier molecular flexibility index (Phi) is 10.1. The van der Waals surface area contributed by atoms with Crippen LogP contribution in [0, 0.1) is 5.92 Å². The van der Waals surface area contributed by atoms with Gasteiger partial charge in [0.15, 0.2) is 8.32 Å². The summed E-state index contributed by atoms with van der Waals surface area (Å²) in [4.78, 5) is 42.0. The summed E-state index contributed by atoms with van der Waals surface area (Å²) in [5, 5.41) is 2.31. The number of carbonyl (C=O) groups is 1. The Morgan fingerprint density at radius 2 is 1.82 bits per heavy atom. The van der Waals surface area contributed by atoms with E-state index in [0.717, 1.165) is 24.8 Å². The van der Waals surface area contributed by atoms with Crippen LogP contribution in [0.4, 0.5) is 5.82 Å². The van der Waals surface area contributed by atoms with Gasteiger partial charge in [0.25, 0.3) is 5.91 Å². The number of fused-ring (bicyclic) bond motifs is 1. The summed E-state index contributed by atoms with van der Waals surface area (Å²) < 4.78 is 21.7. The van der Waals surface area contributed by atoms with Gasteiger partial charge in [-0.2, -0.15) is 4.98 Å². The molecule has 1 aromatic heterocycles. The van der Waals surface area contributed by atoms with Crippen molar-refractivity contribution in [2.45, 2.75) is 102 Å². The van der Waals surface area contributed by atoms with Crippen LogP contribution in [-0.2, 0) is 20.8 Å². The van der Waals surface area contributed by atoms with Gasteiger partial charge in [-0.1, -0.05) is 75.7 Å². The highest BCUT2D eigenvalue weighted by molar-refractivity contribution is 6.72. The second-order valence-corrected chi connectivity index (χ2v) is 18.0. The molecule has 9 nitrogen and oxygen atoms in total. The van der Waals surface area contributed by atoms with E-state index in [1.807, 2.05) is 49.5 Å². The molecule has 1 amide bonds. The molecule has 2 aliphatic rings. The smallest absolute Gasteiger partial charge is 0.351 e. The molecule has 1 unspecified atom stereocenters. The van der Waals surface area contributed by atoms with Crippen molar-refractivity contribution in [3.8, 4) is 0 Å². The monoisotopic (exact) mass is 633 g/mol. The van der Waals surface area contributed by atoms with Gasteiger partial charge in [-0.3, -0.25) is 9.36 Å². The molecule has 1 saturated carbocycles. The molecule has 2 aromatic carbocycles. The highest BCUT2D eigenvalue weighted by Gasteiger charge is 2.65. The summed E-state index contributed by atoms with van der Waals surface area (Å²) in [5.41, 5.74) is 0.251. The van der Waals surface area contributed by atoms with Crippen molar-refractivity contribution >= 4 is 20.0 Å². The van der Waals surface area contributed by atoms with Crippen LogP contribution in [0.15, 0.2) is 77.7 Å². The Labute approximate surface area is 267 Å². The molecule has 10 heteroatoms. The normalized spacial score (nSPS) is 24.8. The Balaban J connectivity index is 1.51. The number of nitrogens with zero attached hydrogens (tertiary/aromatic N) is 2. The fourth-order valence-corrected chi connectivity index (χ4v) is 7.17. The molecule has 2 fully saturated rings. The number of carbonyl (C=O) groups excluding carboxylic acids is 1. The van der Waals surface area contributed by atoms with Gasteiger partial charge in [-0.25, -0.2) is 4.79 Å². The van der Waals surface area contributed by atoms with Crippen LogP contribution in [0.3, 0.4) is 0 Å². The first kappa shape index (κ1) is 33.2. The predicted octanol–water partition coefficient (Wildman–Crippen LogP) is 6.31.